The Kier molecular flexibility index (Phi) is 3.09. The first-order valence-electron chi connectivity index (χ1n) is 6.04. The first-order chi connectivity index (χ1) is 7.99. The van der Waals surface area contributed by atoms with E-state index >= 15 is 0 Å². The van der Waals surface area contributed by atoms with Crippen molar-refractivity contribution < 1.29 is 9.90 Å². The zero-order valence-corrected chi connectivity index (χ0v) is 10.6. The predicted octanol–water partition coefficient (Wildman–Crippen LogP) is 2.47. The largest absolute Gasteiger partial charge is 0.481 e. The topological polar surface area (TPSA) is 40.5 Å². The molecule has 0 radical (unpaired) electrons. The van der Waals surface area contributed by atoms with E-state index in [1.54, 1.807) is 6.92 Å². The van der Waals surface area contributed by atoms with Crippen molar-refractivity contribution in [1.82, 2.24) is 0 Å². The molecule has 1 aromatic carbocycles. The van der Waals surface area contributed by atoms with Gasteiger partial charge in [-0.1, -0.05) is 24.6 Å². The number of aryl methyl sites for hydroxylation is 1. The smallest absolute Gasteiger partial charge is 0.306 e. The fraction of sp³-hybridized carbons (Fsp3) is 0.500. The number of carboxylic acid groups (broad SMARTS) is 1. The summed E-state index contributed by atoms with van der Waals surface area (Å²) in [5.41, 5.74) is 3.86. The minimum atomic E-state index is -0.703. The number of fused-ring (bicyclic) bond motifs is 1. The van der Waals surface area contributed by atoms with Gasteiger partial charge in [0, 0.05) is 18.8 Å². The SMILES string of the molecule is Cc1ccc2c(c1)CC(CC(C)C(=O)O)N2C. The van der Waals surface area contributed by atoms with Crippen LogP contribution in [-0.2, 0) is 11.2 Å². The monoisotopic (exact) mass is 233 g/mol. The van der Waals surface area contributed by atoms with Crippen molar-refractivity contribution in [1.29, 1.82) is 0 Å². The van der Waals surface area contributed by atoms with E-state index < -0.39 is 5.97 Å². The van der Waals surface area contributed by atoms with Gasteiger partial charge in [-0.3, -0.25) is 4.79 Å². The molecule has 2 atom stereocenters. The summed E-state index contributed by atoms with van der Waals surface area (Å²) in [4.78, 5) is 13.1. The highest BCUT2D eigenvalue weighted by Gasteiger charge is 2.29. The third-order valence-electron chi connectivity index (χ3n) is 3.67. The van der Waals surface area contributed by atoms with E-state index in [1.807, 2.05) is 0 Å². The third kappa shape index (κ3) is 2.28. The molecule has 2 unspecified atom stereocenters. The van der Waals surface area contributed by atoms with Crippen LogP contribution in [0.25, 0.3) is 0 Å². The Labute approximate surface area is 102 Å². The fourth-order valence-electron chi connectivity index (χ4n) is 2.56. The molecular formula is C14H19NO2. The zero-order valence-electron chi connectivity index (χ0n) is 10.6. The van der Waals surface area contributed by atoms with Gasteiger partial charge in [0.05, 0.1) is 5.92 Å². The van der Waals surface area contributed by atoms with Crippen LogP contribution in [-0.4, -0.2) is 24.2 Å². The van der Waals surface area contributed by atoms with Crippen LogP contribution in [0.5, 0.6) is 0 Å². The van der Waals surface area contributed by atoms with Crippen LogP contribution in [0, 0.1) is 12.8 Å². The van der Waals surface area contributed by atoms with Crippen molar-refractivity contribution >= 4 is 11.7 Å². The molecule has 0 aromatic heterocycles. The highest BCUT2D eigenvalue weighted by Crippen LogP contribution is 2.33. The van der Waals surface area contributed by atoms with E-state index in [4.69, 9.17) is 5.11 Å². The van der Waals surface area contributed by atoms with Gasteiger partial charge in [-0.05, 0) is 31.4 Å². The molecule has 0 saturated heterocycles. The summed E-state index contributed by atoms with van der Waals surface area (Å²) in [6.07, 6.45) is 1.67. The molecule has 1 aromatic rings. The summed E-state index contributed by atoms with van der Waals surface area (Å²) in [5, 5.41) is 8.97. The number of carboxylic acids is 1. The Hall–Kier alpha value is -1.51. The lowest BCUT2D eigenvalue weighted by atomic mass is 9.98. The van der Waals surface area contributed by atoms with Gasteiger partial charge in [0.1, 0.15) is 0 Å². The maximum atomic E-state index is 10.9. The van der Waals surface area contributed by atoms with Crippen molar-refractivity contribution in [2.45, 2.75) is 32.7 Å². The van der Waals surface area contributed by atoms with Crippen LogP contribution in [0.2, 0.25) is 0 Å². The maximum absolute atomic E-state index is 10.9. The van der Waals surface area contributed by atoms with Crippen LogP contribution in [0.4, 0.5) is 5.69 Å². The minimum absolute atomic E-state index is 0.280. The Balaban J connectivity index is 2.14. The molecule has 0 spiro atoms. The number of likely N-dealkylation sites (N-methyl/N-ethyl adjacent to an activating group) is 1. The highest BCUT2D eigenvalue weighted by atomic mass is 16.4. The number of nitrogens with zero attached hydrogens (tertiary/aromatic N) is 1. The molecule has 2 rings (SSSR count). The number of anilines is 1. The van der Waals surface area contributed by atoms with Gasteiger partial charge in [0.2, 0.25) is 0 Å². The van der Waals surface area contributed by atoms with Gasteiger partial charge in [-0.25, -0.2) is 0 Å². The first-order valence-corrected chi connectivity index (χ1v) is 6.04. The van der Waals surface area contributed by atoms with E-state index in [9.17, 15) is 4.79 Å². The Morgan fingerprint density at radius 2 is 2.29 bits per heavy atom. The number of aliphatic carboxylic acids is 1. The first kappa shape index (κ1) is 12.0. The molecule has 17 heavy (non-hydrogen) atoms. The molecule has 0 fully saturated rings. The van der Waals surface area contributed by atoms with E-state index in [-0.39, 0.29) is 5.92 Å². The number of hydrogen-bond acceptors (Lipinski definition) is 2. The maximum Gasteiger partial charge on any atom is 0.306 e. The van der Waals surface area contributed by atoms with Crippen LogP contribution in [0.1, 0.15) is 24.5 Å². The van der Waals surface area contributed by atoms with Crippen molar-refractivity contribution in [2.75, 3.05) is 11.9 Å². The summed E-state index contributed by atoms with van der Waals surface area (Å²) in [6, 6.07) is 6.77. The summed E-state index contributed by atoms with van der Waals surface area (Å²) < 4.78 is 0. The second kappa shape index (κ2) is 4.40. The average molecular weight is 233 g/mol. The standard InChI is InChI=1S/C14H19NO2/c1-9-4-5-13-11(6-9)8-12(15(13)3)7-10(2)14(16)17/h4-6,10,12H,7-8H2,1-3H3,(H,16,17). The van der Waals surface area contributed by atoms with Crippen molar-refractivity contribution in [3.63, 3.8) is 0 Å². The number of carbonyl (C=O) groups is 1. The van der Waals surface area contributed by atoms with Gasteiger partial charge in [0.15, 0.2) is 0 Å². The second-order valence-electron chi connectivity index (χ2n) is 5.08. The van der Waals surface area contributed by atoms with Crippen molar-refractivity contribution in [2.24, 2.45) is 5.92 Å². The minimum Gasteiger partial charge on any atom is -0.481 e. The number of rotatable bonds is 3. The van der Waals surface area contributed by atoms with E-state index in [0.29, 0.717) is 12.5 Å². The van der Waals surface area contributed by atoms with Crippen molar-refractivity contribution in [3.05, 3.63) is 29.3 Å². The Morgan fingerprint density at radius 1 is 1.59 bits per heavy atom. The van der Waals surface area contributed by atoms with Gasteiger partial charge < -0.3 is 10.0 Å². The van der Waals surface area contributed by atoms with E-state index in [0.717, 1.165) is 6.42 Å². The molecule has 0 bridgehead atoms. The summed E-state index contributed by atoms with van der Waals surface area (Å²) in [7, 11) is 2.06. The third-order valence-corrected chi connectivity index (χ3v) is 3.67. The van der Waals surface area contributed by atoms with Gasteiger partial charge in [-0.2, -0.15) is 0 Å². The molecular weight excluding hydrogens is 214 g/mol. The van der Waals surface area contributed by atoms with Crippen LogP contribution in [0.15, 0.2) is 18.2 Å². The zero-order chi connectivity index (χ0) is 12.6. The molecule has 0 saturated carbocycles. The highest BCUT2D eigenvalue weighted by molar-refractivity contribution is 5.70. The molecule has 1 heterocycles. The quantitative estimate of drug-likeness (QED) is 0.872. The summed E-state index contributed by atoms with van der Waals surface area (Å²) in [5.74, 6) is -0.983. The Morgan fingerprint density at radius 3 is 2.94 bits per heavy atom. The van der Waals surface area contributed by atoms with Crippen LogP contribution in [0.3, 0.4) is 0 Å². The molecule has 1 aliphatic rings. The van der Waals surface area contributed by atoms with Gasteiger partial charge >= 0.3 is 5.97 Å². The lowest BCUT2D eigenvalue weighted by Crippen LogP contribution is -2.31. The molecule has 3 nitrogen and oxygen atoms in total. The summed E-state index contributed by atoms with van der Waals surface area (Å²) in [6.45, 7) is 3.87. The van der Waals surface area contributed by atoms with Gasteiger partial charge in [-0.15, -0.1) is 0 Å². The van der Waals surface area contributed by atoms with Crippen LogP contribution >= 0.6 is 0 Å². The van der Waals surface area contributed by atoms with E-state index in [1.165, 1.54) is 16.8 Å². The van der Waals surface area contributed by atoms with Crippen molar-refractivity contribution in [3.8, 4) is 0 Å². The molecule has 0 amide bonds. The second-order valence-corrected chi connectivity index (χ2v) is 5.08. The number of hydrogen-bond donors (Lipinski definition) is 1. The van der Waals surface area contributed by atoms with Gasteiger partial charge in [0.25, 0.3) is 0 Å². The number of benzene rings is 1. The van der Waals surface area contributed by atoms with E-state index in [2.05, 4.69) is 37.1 Å². The Bertz CT molecular complexity index is 442. The molecule has 1 aliphatic heterocycles. The molecule has 3 heteroatoms. The molecule has 0 aliphatic carbocycles. The predicted molar refractivity (Wildman–Crippen MR) is 68.5 cm³/mol. The fourth-order valence-corrected chi connectivity index (χ4v) is 2.56. The lowest BCUT2D eigenvalue weighted by molar-refractivity contribution is -0.141. The van der Waals surface area contributed by atoms with Crippen LogP contribution < -0.4 is 4.90 Å². The molecule has 1 N–H and O–H groups in total. The average Bonchev–Trinajstić information content (AvgIpc) is 2.55. The normalized spacial score (nSPS) is 20.2. The summed E-state index contributed by atoms with van der Waals surface area (Å²) >= 11 is 0. The lowest BCUT2D eigenvalue weighted by Gasteiger charge is -2.24. The molecule has 92 valence electrons.